The smallest absolute Gasteiger partial charge is 0.229 e. The number of halogens is 1. The molecule has 5 heteroatoms. The molecule has 1 aromatic heterocycles. The highest BCUT2D eigenvalue weighted by atomic mass is 19.1. The molecular formula is C18H17FN4. The zero-order valence-corrected chi connectivity index (χ0v) is 12.7. The summed E-state index contributed by atoms with van der Waals surface area (Å²) < 4.78 is 13.0. The number of rotatable bonds is 3. The minimum Gasteiger partial charge on any atom is -0.356 e. The van der Waals surface area contributed by atoms with Gasteiger partial charge in [0.25, 0.3) is 0 Å². The first-order valence-corrected chi connectivity index (χ1v) is 7.84. The van der Waals surface area contributed by atoms with E-state index in [2.05, 4.69) is 21.3 Å². The Bertz CT molecular complexity index is 826. The number of benzene rings is 2. The number of hydrogen-bond donors (Lipinski definition) is 1. The molecule has 1 N–H and O–H groups in total. The zero-order chi connectivity index (χ0) is 15.6. The third-order valence-electron chi connectivity index (χ3n) is 4.09. The van der Waals surface area contributed by atoms with Crippen molar-refractivity contribution >= 4 is 28.4 Å². The summed E-state index contributed by atoms with van der Waals surface area (Å²) in [5.41, 5.74) is 1.68. The van der Waals surface area contributed by atoms with E-state index in [1.54, 1.807) is 12.1 Å². The van der Waals surface area contributed by atoms with Gasteiger partial charge in [-0.2, -0.15) is 4.98 Å². The maximum Gasteiger partial charge on any atom is 0.229 e. The van der Waals surface area contributed by atoms with Crippen LogP contribution in [0.1, 0.15) is 12.8 Å². The van der Waals surface area contributed by atoms with E-state index in [4.69, 9.17) is 4.98 Å². The molecule has 0 amide bonds. The van der Waals surface area contributed by atoms with Crippen molar-refractivity contribution in [2.75, 3.05) is 23.3 Å². The molecule has 4 nitrogen and oxygen atoms in total. The molecular weight excluding hydrogens is 291 g/mol. The first-order valence-electron chi connectivity index (χ1n) is 7.84. The molecule has 1 saturated heterocycles. The van der Waals surface area contributed by atoms with Gasteiger partial charge in [-0.15, -0.1) is 0 Å². The Morgan fingerprint density at radius 2 is 1.65 bits per heavy atom. The van der Waals surface area contributed by atoms with Gasteiger partial charge < -0.3 is 10.2 Å². The van der Waals surface area contributed by atoms with Crippen molar-refractivity contribution in [1.29, 1.82) is 0 Å². The van der Waals surface area contributed by atoms with Crippen molar-refractivity contribution < 1.29 is 4.39 Å². The first kappa shape index (κ1) is 13.9. The van der Waals surface area contributed by atoms with Gasteiger partial charge in [0, 0.05) is 24.2 Å². The Morgan fingerprint density at radius 1 is 0.913 bits per heavy atom. The molecule has 4 rings (SSSR count). The van der Waals surface area contributed by atoms with Crippen LogP contribution in [0.5, 0.6) is 0 Å². The highest BCUT2D eigenvalue weighted by molar-refractivity contribution is 5.90. The summed E-state index contributed by atoms with van der Waals surface area (Å²) in [5, 5.41) is 4.24. The fourth-order valence-corrected chi connectivity index (χ4v) is 2.95. The molecule has 0 unspecified atom stereocenters. The van der Waals surface area contributed by atoms with Crippen molar-refractivity contribution in [2.45, 2.75) is 12.8 Å². The second-order valence-electron chi connectivity index (χ2n) is 5.71. The Labute approximate surface area is 134 Å². The first-order chi connectivity index (χ1) is 11.3. The van der Waals surface area contributed by atoms with E-state index in [-0.39, 0.29) is 5.82 Å². The van der Waals surface area contributed by atoms with E-state index in [0.29, 0.717) is 5.95 Å². The molecule has 1 fully saturated rings. The number of nitrogens with zero attached hydrogens (tertiary/aromatic N) is 3. The van der Waals surface area contributed by atoms with Gasteiger partial charge in [0.15, 0.2) is 0 Å². The molecule has 0 saturated carbocycles. The summed E-state index contributed by atoms with van der Waals surface area (Å²) in [6.45, 7) is 2.05. The molecule has 2 aromatic carbocycles. The lowest BCUT2D eigenvalue weighted by Gasteiger charge is -2.19. The third-order valence-corrected chi connectivity index (χ3v) is 4.09. The predicted octanol–water partition coefficient (Wildman–Crippen LogP) is 4.11. The Hall–Kier alpha value is -2.69. The van der Waals surface area contributed by atoms with Gasteiger partial charge in [-0.3, -0.25) is 0 Å². The highest BCUT2D eigenvalue weighted by Gasteiger charge is 2.18. The lowest BCUT2D eigenvalue weighted by atomic mass is 10.2. The SMILES string of the molecule is Fc1ccc(Nc2nc(N3CCCC3)c3ccccc3n2)cc1. The topological polar surface area (TPSA) is 41.1 Å². The van der Waals surface area contributed by atoms with Gasteiger partial charge in [0.05, 0.1) is 5.52 Å². The lowest BCUT2D eigenvalue weighted by molar-refractivity contribution is 0.628. The van der Waals surface area contributed by atoms with Crippen LogP contribution in [-0.2, 0) is 0 Å². The maximum absolute atomic E-state index is 13.0. The number of fused-ring (bicyclic) bond motifs is 1. The van der Waals surface area contributed by atoms with Gasteiger partial charge >= 0.3 is 0 Å². The van der Waals surface area contributed by atoms with Crippen molar-refractivity contribution in [1.82, 2.24) is 9.97 Å². The molecule has 23 heavy (non-hydrogen) atoms. The van der Waals surface area contributed by atoms with E-state index in [9.17, 15) is 4.39 Å². The van der Waals surface area contributed by atoms with Crippen LogP contribution in [0.4, 0.5) is 21.8 Å². The number of hydrogen-bond acceptors (Lipinski definition) is 4. The number of aromatic nitrogens is 2. The molecule has 3 aromatic rings. The van der Waals surface area contributed by atoms with Crippen LogP contribution in [0.3, 0.4) is 0 Å². The second-order valence-corrected chi connectivity index (χ2v) is 5.71. The summed E-state index contributed by atoms with van der Waals surface area (Å²) >= 11 is 0. The monoisotopic (exact) mass is 308 g/mol. The predicted molar refractivity (Wildman–Crippen MR) is 90.7 cm³/mol. The fraction of sp³-hybridized carbons (Fsp3) is 0.222. The van der Waals surface area contributed by atoms with Crippen molar-refractivity contribution in [2.24, 2.45) is 0 Å². The van der Waals surface area contributed by atoms with Crippen LogP contribution in [0.25, 0.3) is 10.9 Å². The molecule has 0 radical (unpaired) electrons. The summed E-state index contributed by atoms with van der Waals surface area (Å²) in [7, 11) is 0. The maximum atomic E-state index is 13.0. The van der Waals surface area contributed by atoms with Gasteiger partial charge in [0.2, 0.25) is 5.95 Å². The van der Waals surface area contributed by atoms with E-state index < -0.39 is 0 Å². The fourth-order valence-electron chi connectivity index (χ4n) is 2.95. The Balaban J connectivity index is 1.76. The molecule has 2 heterocycles. The molecule has 116 valence electrons. The molecule has 0 aliphatic carbocycles. The van der Waals surface area contributed by atoms with Crippen LogP contribution in [-0.4, -0.2) is 23.1 Å². The van der Waals surface area contributed by atoms with Crippen LogP contribution < -0.4 is 10.2 Å². The van der Waals surface area contributed by atoms with Gasteiger partial charge in [0.1, 0.15) is 11.6 Å². The molecule has 0 spiro atoms. The lowest BCUT2D eigenvalue weighted by Crippen LogP contribution is -2.20. The Kier molecular flexibility index (Phi) is 3.54. The number of nitrogens with one attached hydrogen (secondary N) is 1. The van der Waals surface area contributed by atoms with Crippen molar-refractivity contribution in [3.05, 3.63) is 54.3 Å². The van der Waals surface area contributed by atoms with Crippen molar-refractivity contribution in [3.63, 3.8) is 0 Å². The number of para-hydroxylation sites is 1. The van der Waals surface area contributed by atoms with Gasteiger partial charge in [-0.25, -0.2) is 9.37 Å². The van der Waals surface area contributed by atoms with Gasteiger partial charge in [-0.05, 0) is 49.2 Å². The van der Waals surface area contributed by atoms with E-state index in [0.717, 1.165) is 35.5 Å². The largest absolute Gasteiger partial charge is 0.356 e. The van der Waals surface area contributed by atoms with Crippen LogP contribution in [0.2, 0.25) is 0 Å². The quantitative estimate of drug-likeness (QED) is 0.790. The van der Waals surface area contributed by atoms with E-state index >= 15 is 0 Å². The average molecular weight is 308 g/mol. The Morgan fingerprint density at radius 3 is 2.43 bits per heavy atom. The third kappa shape index (κ3) is 2.82. The standard InChI is InChI=1S/C18H17FN4/c19-13-7-9-14(10-8-13)20-18-21-16-6-2-1-5-15(16)17(22-18)23-11-3-4-12-23/h1-2,5-10H,3-4,11-12H2,(H,20,21,22). The van der Waals surface area contributed by atoms with E-state index in [1.807, 2.05) is 18.2 Å². The summed E-state index contributed by atoms with van der Waals surface area (Å²) in [5.74, 6) is 1.25. The second kappa shape index (κ2) is 5.83. The van der Waals surface area contributed by atoms with Crippen LogP contribution in [0.15, 0.2) is 48.5 Å². The highest BCUT2D eigenvalue weighted by Crippen LogP contribution is 2.28. The van der Waals surface area contributed by atoms with Crippen molar-refractivity contribution in [3.8, 4) is 0 Å². The molecule has 1 aliphatic rings. The summed E-state index contributed by atoms with van der Waals surface area (Å²) in [6, 6.07) is 14.3. The van der Waals surface area contributed by atoms with Crippen LogP contribution in [0, 0.1) is 5.82 Å². The molecule has 0 atom stereocenters. The van der Waals surface area contributed by atoms with Gasteiger partial charge in [-0.1, -0.05) is 12.1 Å². The summed E-state index contributed by atoms with van der Waals surface area (Å²) in [4.78, 5) is 11.6. The minimum absolute atomic E-state index is 0.257. The number of anilines is 3. The van der Waals surface area contributed by atoms with E-state index in [1.165, 1.54) is 25.0 Å². The molecule has 0 bridgehead atoms. The summed E-state index contributed by atoms with van der Waals surface area (Å²) in [6.07, 6.45) is 2.39. The molecule has 1 aliphatic heterocycles. The zero-order valence-electron chi connectivity index (χ0n) is 12.7. The minimum atomic E-state index is -0.257. The average Bonchev–Trinajstić information content (AvgIpc) is 3.11. The van der Waals surface area contributed by atoms with Crippen LogP contribution >= 0.6 is 0 Å². The normalized spacial score (nSPS) is 14.4.